The van der Waals surface area contributed by atoms with E-state index < -0.39 is 24.0 Å². The molecule has 1 radical (unpaired) electrons. The summed E-state index contributed by atoms with van der Waals surface area (Å²) in [5.74, 6) is -0.906. The second-order valence-corrected chi connectivity index (χ2v) is 5.47. The fourth-order valence-corrected chi connectivity index (χ4v) is 1.77. The van der Waals surface area contributed by atoms with Gasteiger partial charge in [-0.05, 0) is 32.2 Å². The predicted molar refractivity (Wildman–Crippen MR) is 80.9 cm³/mol. The Hall–Kier alpha value is -1.47. The maximum absolute atomic E-state index is 12.0. The minimum Gasteiger partial charge on any atom is -0.344 e. The molecule has 0 fully saturated rings. The number of hydrogen-bond donors (Lipinski definition) is 4. The average molecular weight is 299 g/mol. The van der Waals surface area contributed by atoms with Crippen LogP contribution in [-0.2, 0) is 14.4 Å². The van der Waals surface area contributed by atoms with Crippen molar-refractivity contribution in [1.29, 1.82) is 0 Å². The Kier molecular flexibility index (Phi) is 9.56. The van der Waals surface area contributed by atoms with Gasteiger partial charge in [-0.1, -0.05) is 20.3 Å². The van der Waals surface area contributed by atoms with E-state index in [-0.39, 0.29) is 11.8 Å². The van der Waals surface area contributed by atoms with Crippen molar-refractivity contribution in [2.24, 2.45) is 17.4 Å². The van der Waals surface area contributed by atoms with Crippen LogP contribution in [0.15, 0.2) is 0 Å². The molecule has 0 aliphatic heterocycles. The third kappa shape index (κ3) is 7.77. The van der Waals surface area contributed by atoms with Gasteiger partial charge in [0.1, 0.15) is 6.04 Å². The quantitative estimate of drug-likeness (QED) is 0.393. The van der Waals surface area contributed by atoms with Crippen LogP contribution in [0.5, 0.6) is 0 Å². The lowest BCUT2D eigenvalue weighted by Gasteiger charge is -2.24. The second kappa shape index (κ2) is 10.3. The van der Waals surface area contributed by atoms with Crippen LogP contribution in [0.4, 0.5) is 0 Å². The molecule has 3 atom stereocenters. The Balaban J connectivity index is 4.51. The van der Waals surface area contributed by atoms with Crippen LogP contribution in [0.1, 0.15) is 40.0 Å². The molecular weight excluding hydrogens is 272 g/mol. The number of nitrogens with two attached hydrogens (primary N) is 2. The van der Waals surface area contributed by atoms with Crippen LogP contribution in [0.3, 0.4) is 0 Å². The van der Waals surface area contributed by atoms with Crippen LogP contribution >= 0.6 is 0 Å². The normalized spacial score (nSPS) is 15.1. The highest BCUT2D eigenvalue weighted by Gasteiger charge is 2.27. The fraction of sp³-hybridized carbons (Fsp3) is 0.786. The first-order valence-corrected chi connectivity index (χ1v) is 7.27. The van der Waals surface area contributed by atoms with Crippen molar-refractivity contribution in [2.45, 2.75) is 58.2 Å². The summed E-state index contributed by atoms with van der Waals surface area (Å²) in [7, 11) is 0. The largest absolute Gasteiger partial charge is 0.344 e. The number of unbranched alkanes of at least 4 members (excludes halogenated alkanes) is 1. The van der Waals surface area contributed by atoms with Gasteiger partial charge in [-0.3, -0.25) is 14.4 Å². The molecule has 21 heavy (non-hydrogen) atoms. The van der Waals surface area contributed by atoms with E-state index in [4.69, 9.17) is 11.5 Å². The molecule has 2 amide bonds. The Morgan fingerprint density at radius 2 is 1.71 bits per heavy atom. The third-order valence-corrected chi connectivity index (χ3v) is 3.09. The van der Waals surface area contributed by atoms with Gasteiger partial charge in [0.25, 0.3) is 0 Å². The zero-order valence-corrected chi connectivity index (χ0v) is 13.0. The summed E-state index contributed by atoms with van der Waals surface area (Å²) in [6.07, 6.45) is 3.76. The first-order valence-electron chi connectivity index (χ1n) is 7.27. The summed E-state index contributed by atoms with van der Waals surface area (Å²) in [5.41, 5.74) is 11.2. The van der Waals surface area contributed by atoms with Gasteiger partial charge in [-0.2, -0.15) is 0 Å². The van der Waals surface area contributed by atoms with E-state index in [0.717, 1.165) is 12.8 Å². The number of hydrogen-bond acceptors (Lipinski definition) is 5. The van der Waals surface area contributed by atoms with Gasteiger partial charge in [0.05, 0.1) is 12.1 Å². The Morgan fingerprint density at radius 1 is 1.10 bits per heavy atom. The SMILES string of the molecule is CC([C]=O)NC(=O)C(NC(=O)C(N)CCCCN)C(C)C. The summed E-state index contributed by atoms with van der Waals surface area (Å²) >= 11 is 0. The second-order valence-electron chi connectivity index (χ2n) is 5.47. The minimum atomic E-state index is -0.728. The van der Waals surface area contributed by atoms with E-state index in [1.807, 2.05) is 0 Å². The average Bonchev–Trinajstić information content (AvgIpc) is 2.43. The predicted octanol–water partition coefficient (Wildman–Crippen LogP) is -0.802. The lowest BCUT2D eigenvalue weighted by atomic mass is 10.0. The lowest BCUT2D eigenvalue weighted by molar-refractivity contribution is -0.130. The van der Waals surface area contributed by atoms with E-state index in [1.54, 1.807) is 20.1 Å². The zero-order valence-electron chi connectivity index (χ0n) is 13.0. The standard InChI is InChI=1S/C14H27N4O3/c1-9(2)12(14(21)17-10(3)8-19)18-13(20)11(16)6-4-5-7-15/h9-12H,4-7,15-16H2,1-3H3,(H,17,21)(H,18,20). The molecule has 0 saturated carbocycles. The molecule has 7 heteroatoms. The number of nitrogens with one attached hydrogen (secondary N) is 2. The van der Waals surface area contributed by atoms with Gasteiger partial charge in [0.15, 0.2) is 0 Å². The summed E-state index contributed by atoms with van der Waals surface area (Å²) in [5, 5.41) is 5.11. The van der Waals surface area contributed by atoms with Crippen molar-refractivity contribution in [2.75, 3.05) is 6.54 Å². The van der Waals surface area contributed by atoms with E-state index in [9.17, 15) is 14.4 Å². The Bertz CT molecular complexity index is 347. The number of amides is 2. The molecule has 6 N–H and O–H groups in total. The molecule has 0 rings (SSSR count). The molecule has 0 aromatic carbocycles. The molecule has 0 bridgehead atoms. The van der Waals surface area contributed by atoms with E-state index in [0.29, 0.717) is 13.0 Å². The highest BCUT2D eigenvalue weighted by Crippen LogP contribution is 2.04. The molecule has 0 aromatic heterocycles. The Labute approximate surface area is 126 Å². The first-order chi connectivity index (χ1) is 9.83. The van der Waals surface area contributed by atoms with E-state index in [1.165, 1.54) is 6.92 Å². The van der Waals surface area contributed by atoms with E-state index >= 15 is 0 Å². The van der Waals surface area contributed by atoms with Crippen molar-refractivity contribution in [3.63, 3.8) is 0 Å². The molecule has 121 valence electrons. The summed E-state index contributed by atoms with van der Waals surface area (Å²) in [4.78, 5) is 34.5. The fourth-order valence-electron chi connectivity index (χ4n) is 1.77. The molecule has 0 spiro atoms. The minimum absolute atomic E-state index is 0.121. The smallest absolute Gasteiger partial charge is 0.243 e. The lowest BCUT2D eigenvalue weighted by Crippen LogP contribution is -2.55. The van der Waals surface area contributed by atoms with Gasteiger partial charge in [-0.25, -0.2) is 0 Å². The number of carbonyl (C=O) groups excluding carboxylic acids is 3. The molecule has 7 nitrogen and oxygen atoms in total. The monoisotopic (exact) mass is 299 g/mol. The molecule has 0 aliphatic carbocycles. The molecule has 0 heterocycles. The van der Waals surface area contributed by atoms with Crippen LogP contribution in [0.25, 0.3) is 0 Å². The van der Waals surface area contributed by atoms with Crippen molar-refractivity contribution >= 4 is 18.1 Å². The topological polar surface area (TPSA) is 127 Å². The summed E-state index contributed by atoms with van der Waals surface area (Å²) in [6, 6.07) is -2.11. The highest BCUT2D eigenvalue weighted by atomic mass is 16.2. The molecule has 0 aromatic rings. The number of carbonyl (C=O) groups is 2. The van der Waals surface area contributed by atoms with Crippen LogP contribution < -0.4 is 22.1 Å². The van der Waals surface area contributed by atoms with Gasteiger partial charge in [0.2, 0.25) is 18.1 Å². The van der Waals surface area contributed by atoms with Crippen molar-refractivity contribution in [1.82, 2.24) is 10.6 Å². The number of rotatable bonds is 10. The molecule has 3 unspecified atom stereocenters. The van der Waals surface area contributed by atoms with Crippen molar-refractivity contribution < 1.29 is 14.4 Å². The first kappa shape index (κ1) is 19.5. The van der Waals surface area contributed by atoms with Gasteiger partial charge in [-0.15, -0.1) is 0 Å². The van der Waals surface area contributed by atoms with Crippen LogP contribution in [-0.4, -0.2) is 42.8 Å². The highest BCUT2D eigenvalue weighted by molar-refractivity contribution is 5.90. The van der Waals surface area contributed by atoms with Crippen LogP contribution in [0.2, 0.25) is 0 Å². The van der Waals surface area contributed by atoms with Crippen molar-refractivity contribution in [3.05, 3.63) is 0 Å². The van der Waals surface area contributed by atoms with Gasteiger partial charge in [0, 0.05) is 0 Å². The molecular formula is C14H27N4O3. The molecule has 0 saturated heterocycles. The van der Waals surface area contributed by atoms with E-state index in [2.05, 4.69) is 10.6 Å². The third-order valence-electron chi connectivity index (χ3n) is 3.09. The summed E-state index contributed by atoms with van der Waals surface area (Å²) in [6.45, 7) is 5.69. The zero-order chi connectivity index (χ0) is 16.4. The summed E-state index contributed by atoms with van der Waals surface area (Å²) < 4.78 is 0. The Morgan fingerprint density at radius 3 is 2.19 bits per heavy atom. The molecule has 0 aliphatic rings. The maximum atomic E-state index is 12.0. The van der Waals surface area contributed by atoms with Crippen molar-refractivity contribution in [3.8, 4) is 0 Å². The van der Waals surface area contributed by atoms with Gasteiger partial charge < -0.3 is 22.1 Å². The maximum Gasteiger partial charge on any atom is 0.243 e. The van der Waals surface area contributed by atoms with Crippen LogP contribution in [0, 0.1) is 5.92 Å². The van der Waals surface area contributed by atoms with Gasteiger partial charge >= 0.3 is 0 Å².